The molecule has 1 aromatic heterocycles. The minimum atomic E-state index is -0.759. The molecule has 5 nitrogen and oxygen atoms in total. The zero-order chi connectivity index (χ0) is 17.3. The molecule has 1 heterocycles. The Labute approximate surface area is 134 Å². The highest BCUT2D eigenvalue weighted by Gasteiger charge is 2.11. The number of H-pyrrole nitrogens is 1. The molecule has 0 amide bonds. The Morgan fingerprint density at radius 1 is 1.05 bits per heavy atom. The van der Waals surface area contributed by atoms with Gasteiger partial charge in [-0.2, -0.15) is 0 Å². The molecule has 0 bridgehead atoms. The number of aromatic amines is 1. The van der Waals surface area contributed by atoms with Crippen LogP contribution in [0, 0.1) is 6.92 Å². The molecule has 1 aromatic carbocycles. The molecule has 0 atom stereocenters. The van der Waals surface area contributed by atoms with Gasteiger partial charge in [0.25, 0.3) is 11.5 Å². The first kappa shape index (κ1) is 19.9. The molecule has 0 radical (unpaired) electrons. The van der Waals surface area contributed by atoms with E-state index in [1.165, 1.54) is 25.3 Å². The van der Waals surface area contributed by atoms with Gasteiger partial charge in [-0.25, -0.2) is 9.36 Å². The quantitative estimate of drug-likeness (QED) is 0.875. The van der Waals surface area contributed by atoms with Gasteiger partial charge in [-0.3, -0.25) is 14.6 Å². The third-order valence-electron chi connectivity index (χ3n) is 2.43. The molecule has 0 saturated heterocycles. The molecule has 1 N–H and O–H groups in total. The molecule has 120 valence electrons. The van der Waals surface area contributed by atoms with E-state index in [-0.39, 0.29) is 5.56 Å². The molecule has 0 unspecified atom stereocenters. The predicted molar refractivity (Wildman–Crippen MR) is 89.9 cm³/mol. The van der Waals surface area contributed by atoms with E-state index >= 15 is 0 Å². The molecular weight excluding hydrogens is 304 g/mol. The zero-order valence-electron chi connectivity index (χ0n) is 13.4. The lowest BCUT2D eigenvalue weighted by Gasteiger charge is -2.04. The normalized spacial score (nSPS) is 9.00. The van der Waals surface area contributed by atoms with Crippen LogP contribution >= 0.6 is 11.6 Å². The fourth-order valence-corrected chi connectivity index (χ4v) is 1.58. The number of aryl methyl sites for hydroxylation is 1. The van der Waals surface area contributed by atoms with Crippen molar-refractivity contribution in [3.05, 3.63) is 67.4 Å². The van der Waals surface area contributed by atoms with Gasteiger partial charge in [0.05, 0.1) is 0 Å². The first-order valence-electron chi connectivity index (χ1n) is 7.12. The first-order chi connectivity index (χ1) is 10.5. The number of rotatable bonds is 1. The minimum absolute atomic E-state index is 0.289. The highest BCUT2D eigenvalue weighted by atomic mass is 35.5. The number of nitrogens with one attached hydrogen (secondary N) is 1. The van der Waals surface area contributed by atoms with Gasteiger partial charge in [-0.05, 0) is 31.2 Å². The summed E-state index contributed by atoms with van der Waals surface area (Å²) in [4.78, 5) is 36.8. The molecule has 0 aliphatic heterocycles. The molecule has 0 aliphatic carbocycles. The van der Waals surface area contributed by atoms with Crippen molar-refractivity contribution in [2.45, 2.75) is 34.6 Å². The van der Waals surface area contributed by atoms with Crippen LogP contribution in [0.3, 0.4) is 0 Å². The van der Waals surface area contributed by atoms with E-state index in [1.807, 2.05) is 27.7 Å². The summed E-state index contributed by atoms with van der Waals surface area (Å²) in [5, 5.41) is 0.497. The molecular formula is C16H21ClN2O3. The number of aromatic nitrogens is 2. The van der Waals surface area contributed by atoms with E-state index in [4.69, 9.17) is 11.6 Å². The Morgan fingerprint density at radius 2 is 1.55 bits per heavy atom. The van der Waals surface area contributed by atoms with Gasteiger partial charge in [0, 0.05) is 22.3 Å². The van der Waals surface area contributed by atoms with E-state index in [2.05, 4.69) is 4.98 Å². The van der Waals surface area contributed by atoms with Crippen molar-refractivity contribution < 1.29 is 4.79 Å². The largest absolute Gasteiger partial charge is 0.335 e. The lowest BCUT2D eigenvalue weighted by atomic mass is 10.2. The summed E-state index contributed by atoms with van der Waals surface area (Å²) in [7, 11) is 0. The topological polar surface area (TPSA) is 71.9 Å². The van der Waals surface area contributed by atoms with Gasteiger partial charge < -0.3 is 0 Å². The predicted octanol–water partition coefficient (Wildman–Crippen LogP) is 3.24. The molecule has 0 aliphatic rings. The van der Waals surface area contributed by atoms with Crippen LogP contribution in [0.5, 0.6) is 0 Å². The van der Waals surface area contributed by atoms with Crippen LogP contribution in [0.15, 0.2) is 40.1 Å². The highest BCUT2D eigenvalue weighted by molar-refractivity contribution is 6.30. The molecule has 0 fully saturated rings. The van der Waals surface area contributed by atoms with E-state index in [0.717, 1.165) is 4.57 Å². The Kier molecular flexibility index (Phi) is 8.79. The first-order valence-corrected chi connectivity index (χ1v) is 7.49. The van der Waals surface area contributed by atoms with Crippen LogP contribution < -0.4 is 11.2 Å². The molecule has 0 saturated carbocycles. The number of hydrogen-bond acceptors (Lipinski definition) is 3. The average molecular weight is 325 g/mol. The van der Waals surface area contributed by atoms with Gasteiger partial charge in [0.15, 0.2) is 0 Å². The molecule has 2 rings (SSSR count). The van der Waals surface area contributed by atoms with Crippen LogP contribution in [0.25, 0.3) is 0 Å². The summed E-state index contributed by atoms with van der Waals surface area (Å²) in [5.74, 6) is -0.518. The summed E-state index contributed by atoms with van der Waals surface area (Å²) in [6.07, 6.45) is 1.22. The van der Waals surface area contributed by atoms with Crippen LogP contribution in [-0.2, 0) is 0 Å². The molecule has 6 heteroatoms. The fraction of sp³-hybridized carbons (Fsp3) is 0.312. The van der Waals surface area contributed by atoms with Gasteiger partial charge in [0.2, 0.25) is 0 Å². The molecule has 22 heavy (non-hydrogen) atoms. The lowest BCUT2D eigenvalue weighted by Crippen LogP contribution is -2.34. The van der Waals surface area contributed by atoms with Crippen LogP contribution in [0.4, 0.5) is 0 Å². The van der Waals surface area contributed by atoms with E-state index in [0.29, 0.717) is 10.6 Å². The Bertz CT molecular complexity index is 715. The molecule has 0 spiro atoms. The number of carbonyl (C=O) groups excluding carboxylic acids is 1. The summed E-state index contributed by atoms with van der Waals surface area (Å²) in [6, 6.07) is 6.13. The minimum Gasteiger partial charge on any atom is -0.273 e. The van der Waals surface area contributed by atoms with E-state index < -0.39 is 17.2 Å². The highest BCUT2D eigenvalue weighted by Crippen LogP contribution is 2.10. The van der Waals surface area contributed by atoms with E-state index in [1.54, 1.807) is 12.1 Å². The van der Waals surface area contributed by atoms with Gasteiger partial charge in [-0.1, -0.05) is 39.3 Å². The summed E-state index contributed by atoms with van der Waals surface area (Å²) in [5.41, 5.74) is -0.657. The number of nitrogens with zero attached hydrogens (tertiary/aromatic N) is 1. The van der Waals surface area contributed by atoms with Crippen LogP contribution in [-0.4, -0.2) is 15.5 Å². The van der Waals surface area contributed by atoms with Crippen molar-refractivity contribution >= 4 is 17.5 Å². The van der Waals surface area contributed by atoms with Crippen LogP contribution in [0.1, 0.15) is 43.6 Å². The van der Waals surface area contributed by atoms with Crippen molar-refractivity contribution in [1.29, 1.82) is 0 Å². The third-order valence-corrected chi connectivity index (χ3v) is 2.68. The average Bonchev–Trinajstić information content (AvgIpc) is 2.55. The monoisotopic (exact) mass is 324 g/mol. The van der Waals surface area contributed by atoms with Gasteiger partial charge in [-0.15, -0.1) is 0 Å². The third kappa shape index (κ3) is 5.00. The Morgan fingerprint density at radius 3 is 2.05 bits per heavy atom. The second-order valence-electron chi connectivity index (χ2n) is 3.75. The second-order valence-corrected chi connectivity index (χ2v) is 4.19. The summed E-state index contributed by atoms with van der Waals surface area (Å²) >= 11 is 5.71. The SMILES string of the molecule is CC.CC.Cc1cn(C(=O)c2ccc(Cl)cc2)c(=O)[nH]c1=O. The maximum absolute atomic E-state index is 12.0. The number of halogens is 1. The van der Waals surface area contributed by atoms with Gasteiger partial charge >= 0.3 is 5.69 Å². The summed E-state index contributed by atoms with van der Waals surface area (Å²) in [6.45, 7) is 9.52. The number of hydrogen-bond donors (Lipinski definition) is 1. The van der Waals surface area contributed by atoms with Crippen LogP contribution in [0.2, 0.25) is 5.02 Å². The number of carbonyl (C=O) groups is 1. The van der Waals surface area contributed by atoms with Crippen molar-refractivity contribution in [1.82, 2.24) is 9.55 Å². The maximum atomic E-state index is 12.0. The lowest BCUT2D eigenvalue weighted by molar-refractivity contribution is 0.0954. The van der Waals surface area contributed by atoms with Gasteiger partial charge in [0.1, 0.15) is 0 Å². The molecule has 2 aromatic rings. The smallest absolute Gasteiger partial charge is 0.273 e. The summed E-state index contributed by atoms with van der Waals surface area (Å²) < 4.78 is 0.861. The fourth-order valence-electron chi connectivity index (χ4n) is 1.45. The zero-order valence-corrected chi connectivity index (χ0v) is 14.2. The van der Waals surface area contributed by atoms with Crippen molar-refractivity contribution in [2.75, 3.05) is 0 Å². The number of benzene rings is 1. The van der Waals surface area contributed by atoms with Crippen molar-refractivity contribution in [3.8, 4) is 0 Å². The second kappa shape index (κ2) is 9.73. The van der Waals surface area contributed by atoms with Crippen molar-refractivity contribution in [2.24, 2.45) is 0 Å². The Balaban J connectivity index is 0.00000102. The van der Waals surface area contributed by atoms with Crippen molar-refractivity contribution in [3.63, 3.8) is 0 Å². The standard InChI is InChI=1S/C12H9ClN2O3.2C2H6/c1-7-6-15(12(18)14-10(7)16)11(17)8-2-4-9(13)5-3-8;2*1-2/h2-6H,1H3,(H,14,16,18);2*1-2H3. The van der Waals surface area contributed by atoms with E-state index in [9.17, 15) is 14.4 Å². The maximum Gasteiger partial charge on any atom is 0.335 e. The Hall–Kier alpha value is -2.14.